The van der Waals surface area contributed by atoms with Crippen molar-refractivity contribution in [1.82, 2.24) is 4.98 Å². The molecule has 0 aromatic carbocycles. The Kier molecular flexibility index (Phi) is 3.19. The maximum Gasteiger partial charge on any atom is 0.339 e. The number of aromatic hydroxyl groups is 1. The molecule has 76 valence electrons. The molecule has 7 heteroatoms. The Bertz CT molecular complexity index is 383. The highest BCUT2D eigenvalue weighted by molar-refractivity contribution is 14.1. The van der Waals surface area contributed by atoms with Gasteiger partial charge in [0.15, 0.2) is 5.75 Å². The Balaban J connectivity index is 3.40. The largest absolute Gasteiger partial charge is 0.505 e. The third-order valence-corrected chi connectivity index (χ3v) is 1.98. The van der Waals surface area contributed by atoms with Crippen LogP contribution in [0, 0.1) is 3.70 Å². The molecule has 4 nitrogen and oxygen atoms in total. The lowest BCUT2D eigenvalue weighted by Gasteiger charge is -2.05. The second-order valence-corrected chi connectivity index (χ2v) is 3.44. The molecule has 0 fully saturated rings. The number of carboxylic acids is 1. The first-order valence-electron chi connectivity index (χ1n) is 3.34. The fourth-order valence-corrected chi connectivity index (χ4v) is 1.41. The Labute approximate surface area is 90.7 Å². The normalized spacial score (nSPS) is 10.6. The molecule has 0 aliphatic heterocycles. The third kappa shape index (κ3) is 2.08. The van der Waals surface area contributed by atoms with Gasteiger partial charge < -0.3 is 10.2 Å². The van der Waals surface area contributed by atoms with E-state index in [1.165, 1.54) is 0 Å². The van der Waals surface area contributed by atoms with Gasteiger partial charge in [0, 0.05) is 0 Å². The lowest BCUT2D eigenvalue weighted by Crippen LogP contribution is -2.03. The van der Waals surface area contributed by atoms with E-state index in [1.54, 1.807) is 22.6 Å². The van der Waals surface area contributed by atoms with Gasteiger partial charge in [-0.3, -0.25) is 0 Å². The highest BCUT2D eigenvalue weighted by Crippen LogP contribution is 2.30. The minimum absolute atomic E-state index is 0.0908. The van der Waals surface area contributed by atoms with Crippen LogP contribution in [0.15, 0.2) is 6.07 Å². The van der Waals surface area contributed by atoms with E-state index in [1.807, 2.05) is 0 Å². The van der Waals surface area contributed by atoms with Crippen molar-refractivity contribution in [2.24, 2.45) is 0 Å². The number of aromatic carboxylic acids is 1. The van der Waals surface area contributed by atoms with E-state index in [4.69, 9.17) is 10.2 Å². The second kappa shape index (κ2) is 4.03. The Hall–Kier alpha value is -0.990. The highest BCUT2D eigenvalue weighted by atomic mass is 127. The summed E-state index contributed by atoms with van der Waals surface area (Å²) < 4.78 is 24.6. The third-order valence-electron chi connectivity index (χ3n) is 1.43. The van der Waals surface area contributed by atoms with E-state index in [0.717, 1.165) is 6.07 Å². The zero-order chi connectivity index (χ0) is 10.9. The molecule has 0 atom stereocenters. The monoisotopic (exact) mass is 315 g/mol. The van der Waals surface area contributed by atoms with Crippen LogP contribution in [-0.4, -0.2) is 21.2 Å². The molecule has 0 saturated heterocycles. The first kappa shape index (κ1) is 11.1. The summed E-state index contributed by atoms with van der Waals surface area (Å²) in [6.45, 7) is 0. The van der Waals surface area contributed by atoms with Gasteiger partial charge in [-0.05, 0) is 28.7 Å². The van der Waals surface area contributed by atoms with Crippen LogP contribution in [0.3, 0.4) is 0 Å². The van der Waals surface area contributed by atoms with Crippen molar-refractivity contribution in [2.45, 2.75) is 6.43 Å². The van der Waals surface area contributed by atoms with E-state index in [-0.39, 0.29) is 3.70 Å². The van der Waals surface area contributed by atoms with E-state index in [2.05, 4.69) is 4.98 Å². The molecule has 0 bridgehead atoms. The number of pyridine rings is 1. The molecule has 1 aromatic rings. The first-order valence-corrected chi connectivity index (χ1v) is 4.42. The predicted molar refractivity (Wildman–Crippen MR) is 50.5 cm³/mol. The number of carbonyl (C=O) groups is 1. The average Bonchev–Trinajstić information content (AvgIpc) is 2.07. The van der Waals surface area contributed by atoms with Crippen LogP contribution in [0.2, 0.25) is 0 Å². The number of hydrogen-bond acceptors (Lipinski definition) is 3. The molecular formula is C7H4F2INO3. The maximum absolute atomic E-state index is 12.2. The molecular weight excluding hydrogens is 311 g/mol. The van der Waals surface area contributed by atoms with Crippen molar-refractivity contribution >= 4 is 28.6 Å². The minimum Gasteiger partial charge on any atom is -0.505 e. The zero-order valence-electron chi connectivity index (χ0n) is 6.54. The number of alkyl halides is 2. The van der Waals surface area contributed by atoms with Crippen molar-refractivity contribution in [2.75, 3.05) is 0 Å². The average molecular weight is 315 g/mol. The Morgan fingerprint density at radius 1 is 1.57 bits per heavy atom. The second-order valence-electron chi connectivity index (χ2n) is 2.33. The number of halogens is 3. The van der Waals surface area contributed by atoms with Crippen LogP contribution >= 0.6 is 22.6 Å². The van der Waals surface area contributed by atoms with Crippen molar-refractivity contribution in [1.29, 1.82) is 0 Å². The maximum atomic E-state index is 12.2. The van der Waals surface area contributed by atoms with E-state index < -0.39 is 29.4 Å². The number of rotatable bonds is 2. The molecule has 1 rings (SSSR count). The predicted octanol–water partition coefficient (Wildman–Crippen LogP) is 2.03. The molecule has 2 N–H and O–H groups in total. The van der Waals surface area contributed by atoms with Gasteiger partial charge in [-0.2, -0.15) is 0 Å². The fourth-order valence-electron chi connectivity index (χ4n) is 0.841. The lowest BCUT2D eigenvalue weighted by atomic mass is 10.2. The molecule has 0 saturated carbocycles. The fraction of sp³-hybridized carbons (Fsp3) is 0.143. The van der Waals surface area contributed by atoms with Crippen LogP contribution < -0.4 is 0 Å². The van der Waals surface area contributed by atoms with Gasteiger partial charge in [-0.1, -0.05) is 0 Å². The van der Waals surface area contributed by atoms with E-state index in [9.17, 15) is 13.6 Å². The minimum atomic E-state index is -3.00. The van der Waals surface area contributed by atoms with Crippen LogP contribution in [-0.2, 0) is 0 Å². The molecule has 0 spiro atoms. The summed E-state index contributed by atoms with van der Waals surface area (Å²) in [5, 5.41) is 17.7. The smallest absolute Gasteiger partial charge is 0.339 e. The molecule has 0 amide bonds. The van der Waals surface area contributed by atoms with Gasteiger partial charge in [0.2, 0.25) is 0 Å². The summed E-state index contributed by atoms with van der Waals surface area (Å²) in [5.74, 6) is -2.45. The van der Waals surface area contributed by atoms with Crippen LogP contribution in [0.4, 0.5) is 8.78 Å². The van der Waals surface area contributed by atoms with Crippen LogP contribution in [0.25, 0.3) is 0 Å². The van der Waals surface area contributed by atoms with Gasteiger partial charge in [0.05, 0.1) is 0 Å². The van der Waals surface area contributed by atoms with Crippen molar-refractivity contribution < 1.29 is 23.8 Å². The molecule has 0 radical (unpaired) electrons. The lowest BCUT2D eigenvalue weighted by molar-refractivity contribution is 0.0692. The van der Waals surface area contributed by atoms with E-state index >= 15 is 0 Å². The van der Waals surface area contributed by atoms with Crippen molar-refractivity contribution in [3.8, 4) is 5.75 Å². The molecule has 1 aromatic heterocycles. The molecule has 0 aliphatic rings. The number of nitrogens with zero attached hydrogens (tertiary/aromatic N) is 1. The topological polar surface area (TPSA) is 70.4 Å². The summed E-state index contributed by atoms with van der Waals surface area (Å²) in [6.07, 6.45) is -3.00. The summed E-state index contributed by atoms with van der Waals surface area (Å²) >= 11 is 1.60. The van der Waals surface area contributed by atoms with Gasteiger partial charge >= 0.3 is 5.97 Å². The summed E-state index contributed by atoms with van der Waals surface area (Å²) in [5.41, 5.74) is -1.48. The standard InChI is InChI=1S/C7H4F2INO3/c8-6(9)4-5(12)2(7(13)14)1-3(10)11-4/h1,6,12H,(H,13,14). The highest BCUT2D eigenvalue weighted by Gasteiger charge is 2.22. The van der Waals surface area contributed by atoms with Gasteiger partial charge in [-0.25, -0.2) is 18.6 Å². The quantitative estimate of drug-likeness (QED) is 0.647. The SMILES string of the molecule is O=C(O)c1cc(I)nc(C(F)F)c1O. The number of aromatic nitrogens is 1. The van der Waals surface area contributed by atoms with Gasteiger partial charge in [0.25, 0.3) is 6.43 Å². The summed E-state index contributed by atoms with van der Waals surface area (Å²) in [7, 11) is 0. The van der Waals surface area contributed by atoms with Crippen LogP contribution in [0.5, 0.6) is 5.75 Å². The van der Waals surface area contributed by atoms with Crippen molar-refractivity contribution in [3.05, 3.63) is 21.0 Å². The Morgan fingerprint density at radius 2 is 2.14 bits per heavy atom. The number of hydrogen-bond donors (Lipinski definition) is 2. The molecule has 14 heavy (non-hydrogen) atoms. The first-order chi connectivity index (χ1) is 6.43. The Morgan fingerprint density at radius 3 is 2.57 bits per heavy atom. The molecule has 1 heterocycles. The summed E-state index contributed by atoms with van der Waals surface area (Å²) in [6, 6.07) is 1.02. The zero-order valence-corrected chi connectivity index (χ0v) is 8.70. The number of carboxylic acid groups (broad SMARTS) is 1. The van der Waals surface area contributed by atoms with Crippen LogP contribution in [0.1, 0.15) is 22.5 Å². The van der Waals surface area contributed by atoms with Gasteiger partial charge in [0.1, 0.15) is 15.0 Å². The van der Waals surface area contributed by atoms with E-state index in [0.29, 0.717) is 0 Å². The van der Waals surface area contributed by atoms with Crippen molar-refractivity contribution in [3.63, 3.8) is 0 Å². The molecule has 0 unspecified atom stereocenters. The molecule has 0 aliphatic carbocycles. The van der Waals surface area contributed by atoms with Gasteiger partial charge in [-0.15, -0.1) is 0 Å². The summed E-state index contributed by atoms with van der Waals surface area (Å²) in [4.78, 5) is 13.9.